The fraction of sp³-hybridized carbons (Fsp3) is 0.600. The Morgan fingerprint density at radius 2 is 2.39 bits per heavy atom. The molecule has 2 aromatic heterocycles. The molecule has 1 aliphatic rings. The lowest BCUT2D eigenvalue weighted by Gasteiger charge is -2.26. The van der Waals surface area contributed by atoms with Gasteiger partial charge in [0.25, 0.3) is 0 Å². The smallest absolute Gasteiger partial charge is 0.243 e. The van der Waals surface area contributed by atoms with Crippen LogP contribution in [-0.4, -0.2) is 37.9 Å². The molecule has 8 nitrogen and oxygen atoms in total. The number of fused-ring (bicyclic) bond motifs is 1. The van der Waals surface area contributed by atoms with E-state index in [1.807, 2.05) is 18.5 Å². The van der Waals surface area contributed by atoms with E-state index in [1.54, 1.807) is 6.07 Å². The van der Waals surface area contributed by atoms with Crippen LogP contribution in [0.25, 0.3) is 0 Å². The average Bonchev–Trinajstić information content (AvgIpc) is 3.12. The zero-order valence-corrected chi connectivity index (χ0v) is 13.7. The van der Waals surface area contributed by atoms with Crippen molar-refractivity contribution in [1.82, 2.24) is 25.2 Å². The van der Waals surface area contributed by atoms with Gasteiger partial charge in [0.2, 0.25) is 11.8 Å². The molecule has 0 aromatic carbocycles. The van der Waals surface area contributed by atoms with Crippen LogP contribution in [-0.2, 0) is 24.2 Å². The average molecular weight is 318 g/mol. The molecule has 0 spiro atoms. The summed E-state index contributed by atoms with van der Waals surface area (Å²) in [4.78, 5) is 16.7. The summed E-state index contributed by atoms with van der Waals surface area (Å²) in [7, 11) is 0. The number of hydrogen-bond acceptors (Lipinski definition) is 6. The number of aromatic nitrogens is 4. The van der Waals surface area contributed by atoms with Gasteiger partial charge in [-0.25, -0.2) is 9.67 Å². The molecule has 3 heterocycles. The van der Waals surface area contributed by atoms with Gasteiger partial charge in [0.15, 0.2) is 5.82 Å². The standard InChI is InChI=1S/C15H22N6O2/c1-4-12-17-13-6-5-11(8-21(13)19-12)16-10(3)15(22)18-14-7-9(2)20-23-14/h7,10-11,16H,4-6,8H2,1-3H3,(H,18,22). The van der Waals surface area contributed by atoms with Crippen molar-refractivity contribution in [3.63, 3.8) is 0 Å². The van der Waals surface area contributed by atoms with E-state index < -0.39 is 0 Å². The number of aryl methyl sites for hydroxylation is 3. The monoisotopic (exact) mass is 318 g/mol. The molecule has 23 heavy (non-hydrogen) atoms. The van der Waals surface area contributed by atoms with Crippen LogP contribution in [0.15, 0.2) is 10.6 Å². The lowest BCUT2D eigenvalue weighted by molar-refractivity contribution is -0.118. The minimum Gasteiger partial charge on any atom is -0.338 e. The summed E-state index contributed by atoms with van der Waals surface area (Å²) in [6, 6.07) is 1.56. The van der Waals surface area contributed by atoms with Crippen molar-refractivity contribution in [3.8, 4) is 0 Å². The largest absolute Gasteiger partial charge is 0.338 e. The van der Waals surface area contributed by atoms with Gasteiger partial charge in [-0.1, -0.05) is 12.1 Å². The molecule has 2 aromatic rings. The maximum Gasteiger partial charge on any atom is 0.243 e. The van der Waals surface area contributed by atoms with E-state index in [0.717, 1.165) is 43.1 Å². The quantitative estimate of drug-likeness (QED) is 0.856. The predicted octanol–water partition coefficient (Wildman–Crippen LogP) is 1.07. The van der Waals surface area contributed by atoms with Gasteiger partial charge < -0.3 is 9.84 Å². The minimum absolute atomic E-state index is 0.139. The number of nitrogens with zero attached hydrogens (tertiary/aromatic N) is 4. The number of nitrogens with one attached hydrogen (secondary N) is 2. The molecule has 0 radical (unpaired) electrons. The van der Waals surface area contributed by atoms with Crippen LogP contribution in [0.3, 0.4) is 0 Å². The van der Waals surface area contributed by atoms with Crippen LogP contribution in [0.4, 0.5) is 5.88 Å². The highest BCUT2D eigenvalue weighted by Gasteiger charge is 2.24. The Morgan fingerprint density at radius 1 is 1.57 bits per heavy atom. The Hall–Kier alpha value is -2.22. The molecule has 0 saturated carbocycles. The van der Waals surface area contributed by atoms with Crippen molar-refractivity contribution in [2.45, 2.75) is 58.7 Å². The van der Waals surface area contributed by atoms with Gasteiger partial charge in [-0.15, -0.1) is 0 Å². The second-order valence-electron chi connectivity index (χ2n) is 5.93. The summed E-state index contributed by atoms with van der Waals surface area (Å²) in [5, 5.41) is 14.3. The molecule has 1 aliphatic heterocycles. The van der Waals surface area contributed by atoms with E-state index in [4.69, 9.17) is 4.52 Å². The molecule has 0 saturated heterocycles. The topological polar surface area (TPSA) is 97.9 Å². The van der Waals surface area contributed by atoms with E-state index in [1.165, 1.54) is 0 Å². The van der Waals surface area contributed by atoms with Crippen molar-refractivity contribution in [2.24, 2.45) is 0 Å². The van der Waals surface area contributed by atoms with Gasteiger partial charge in [-0.3, -0.25) is 10.1 Å². The fourth-order valence-corrected chi connectivity index (χ4v) is 2.73. The third-order valence-electron chi connectivity index (χ3n) is 3.97. The van der Waals surface area contributed by atoms with Crippen molar-refractivity contribution in [3.05, 3.63) is 23.4 Å². The molecule has 0 bridgehead atoms. The van der Waals surface area contributed by atoms with Crippen LogP contribution in [0.5, 0.6) is 0 Å². The molecule has 0 aliphatic carbocycles. The highest BCUT2D eigenvalue weighted by atomic mass is 16.5. The Morgan fingerprint density at radius 3 is 3.09 bits per heavy atom. The number of rotatable bonds is 5. The normalized spacial score (nSPS) is 18.5. The Bertz CT molecular complexity index is 692. The first kappa shape index (κ1) is 15.7. The lowest BCUT2D eigenvalue weighted by Crippen LogP contribution is -2.47. The Labute approximate surface area is 134 Å². The summed E-state index contributed by atoms with van der Waals surface area (Å²) < 4.78 is 6.95. The number of amides is 1. The minimum atomic E-state index is -0.332. The van der Waals surface area contributed by atoms with E-state index in [9.17, 15) is 4.79 Å². The molecule has 8 heteroatoms. The molecular weight excluding hydrogens is 296 g/mol. The zero-order valence-electron chi connectivity index (χ0n) is 13.7. The first-order valence-electron chi connectivity index (χ1n) is 7.98. The molecule has 3 rings (SSSR count). The Balaban J connectivity index is 1.55. The number of carbonyl (C=O) groups excluding carboxylic acids is 1. The van der Waals surface area contributed by atoms with Crippen LogP contribution >= 0.6 is 0 Å². The first-order chi connectivity index (χ1) is 11.0. The van der Waals surface area contributed by atoms with Crippen molar-refractivity contribution < 1.29 is 9.32 Å². The van der Waals surface area contributed by atoms with Gasteiger partial charge in [-0.2, -0.15) is 5.10 Å². The summed E-state index contributed by atoms with van der Waals surface area (Å²) in [5.74, 6) is 2.15. The molecule has 2 atom stereocenters. The van der Waals surface area contributed by atoms with Crippen LogP contribution < -0.4 is 10.6 Å². The predicted molar refractivity (Wildman–Crippen MR) is 84.0 cm³/mol. The summed E-state index contributed by atoms with van der Waals surface area (Å²) in [5.41, 5.74) is 0.735. The van der Waals surface area contributed by atoms with Gasteiger partial charge in [0, 0.05) is 24.9 Å². The summed E-state index contributed by atoms with van der Waals surface area (Å²) in [6.45, 7) is 6.44. The van der Waals surface area contributed by atoms with Crippen molar-refractivity contribution in [1.29, 1.82) is 0 Å². The number of anilines is 1. The van der Waals surface area contributed by atoms with Crippen LogP contribution in [0.2, 0.25) is 0 Å². The molecule has 2 N–H and O–H groups in total. The van der Waals surface area contributed by atoms with E-state index in [0.29, 0.717) is 5.88 Å². The van der Waals surface area contributed by atoms with E-state index in [-0.39, 0.29) is 18.0 Å². The third kappa shape index (κ3) is 3.58. The third-order valence-corrected chi connectivity index (χ3v) is 3.97. The summed E-state index contributed by atoms with van der Waals surface area (Å²) >= 11 is 0. The number of hydrogen-bond donors (Lipinski definition) is 2. The highest BCUT2D eigenvalue weighted by molar-refractivity contribution is 5.93. The van der Waals surface area contributed by atoms with Crippen LogP contribution in [0.1, 0.15) is 37.6 Å². The van der Waals surface area contributed by atoms with E-state index in [2.05, 4.69) is 32.8 Å². The van der Waals surface area contributed by atoms with Gasteiger partial charge >= 0.3 is 0 Å². The van der Waals surface area contributed by atoms with Crippen molar-refractivity contribution in [2.75, 3.05) is 5.32 Å². The van der Waals surface area contributed by atoms with Crippen LogP contribution in [0, 0.1) is 6.92 Å². The second kappa shape index (κ2) is 6.49. The molecule has 2 unspecified atom stereocenters. The van der Waals surface area contributed by atoms with Gasteiger partial charge in [0.1, 0.15) is 5.82 Å². The SMILES string of the molecule is CCc1nc2n(n1)CC(NC(C)C(=O)Nc1cc(C)no1)CC2. The fourth-order valence-electron chi connectivity index (χ4n) is 2.73. The van der Waals surface area contributed by atoms with Gasteiger partial charge in [0.05, 0.1) is 18.3 Å². The maximum atomic E-state index is 12.2. The molecular formula is C15H22N6O2. The maximum absolute atomic E-state index is 12.2. The summed E-state index contributed by atoms with van der Waals surface area (Å²) in [6.07, 6.45) is 2.66. The Kier molecular flexibility index (Phi) is 4.42. The first-order valence-corrected chi connectivity index (χ1v) is 7.98. The zero-order chi connectivity index (χ0) is 16.4. The van der Waals surface area contributed by atoms with Crippen molar-refractivity contribution >= 4 is 11.8 Å². The van der Waals surface area contributed by atoms with Gasteiger partial charge in [-0.05, 0) is 20.3 Å². The molecule has 0 fully saturated rings. The second-order valence-corrected chi connectivity index (χ2v) is 5.93. The lowest BCUT2D eigenvalue weighted by atomic mass is 10.1. The number of carbonyl (C=O) groups is 1. The molecule has 1 amide bonds. The van der Waals surface area contributed by atoms with E-state index >= 15 is 0 Å². The highest BCUT2D eigenvalue weighted by Crippen LogP contribution is 2.14. The molecule has 124 valence electrons.